The van der Waals surface area contributed by atoms with Crippen LogP contribution in [0.15, 0.2) is 54.8 Å². The predicted molar refractivity (Wildman–Crippen MR) is 101 cm³/mol. The first-order valence-electron chi connectivity index (χ1n) is 8.08. The first-order chi connectivity index (χ1) is 13.4. The largest absolute Gasteiger partial charge is 0.502 e. The maximum absolute atomic E-state index is 12.2. The van der Waals surface area contributed by atoms with E-state index in [0.29, 0.717) is 22.7 Å². The zero-order chi connectivity index (χ0) is 20.4. The Morgan fingerprint density at radius 2 is 1.57 bits per heavy atom. The van der Waals surface area contributed by atoms with Gasteiger partial charge in [0, 0.05) is 23.4 Å². The molecule has 0 spiro atoms. The number of aliphatic hydroxyl groups is 1. The summed E-state index contributed by atoms with van der Waals surface area (Å²) < 4.78 is 10.2. The quantitative estimate of drug-likeness (QED) is 0.227. The maximum Gasteiger partial charge on any atom is 0.371 e. The van der Waals surface area contributed by atoms with E-state index in [1.54, 1.807) is 24.3 Å². The number of aliphatic hydroxyl groups excluding tert-OH is 1. The van der Waals surface area contributed by atoms with E-state index in [9.17, 15) is 19.5 Å². The second-order valence-corrected chi connectivity index (χ2v) is 5.71. The maximum atomic E-state index is 12.2. The molecule has 2 heterocycles. The summed E-state index contributed by atoms with van der Waals surface area (Å²) in [6.07, 6.45) is 0. The molecule has 9 nitrogen and oxygen atoms in total. The van der Waals surface area contributed by atoms with Gasteiger partial charge in [-0.15, -0.1) is 0 Å². The summed E-state index contributed by atoms with van der Waals surface area (Å²) in [5.41, 5.74) is 2.98. The topological polar surface area (TPSA) is 164 Å². The highest BCUT2D eigenvalue weighted by Crippen LogP contribution is 2.35. The van der Waals surface area contributed by atoms with Crippen LogP contribution in [0.4, 0.5) is 0 Å². The molecule has 4 aromatic rings. The molecule has 0 unspecified atom stereocenters. The fraction of sp³-hybridized carbons (Fsp3) is 0.105. The molecule has 0 aliphatic carbocycles. The molecule has 2 aromatic carbocycles. The van der Waals surface area contributed by atoms with Gasteiger partial charge in [0.15, 0.2) is 16.6 Å². The van der Waals surface area contributed by atoms with Crippen LogP contribution in [0.3, 0.4) is 0 Å². The van der Waals surface area contributed by atoms with Crippen molar-refractivity contribution in [1.82, 2.24) is 0 Å². The van der Waals surface area contributed by atoms with E-state index in [0.717, 1.165) is 6.07 Å². The molecule has 28 heavy (non-hydrogen) atoms. The average Bonchev–Trinajstić information content (AvgIpc) is 2.70. The molecule has 0 saturated carbocycles. The molecule has 0 saturated heterocycles. The lowest BCUT2D eigenvalue weighted by molar-refractivity contribution is 0.0663. The highest BCUT2D eigenvalue weighted by atomic mass is 16.4. The van der Waals surface area contributed by atoms with Gasteiger partial charge in [-0.3, -0.25) is 4.79 Å². The molecule has 0 aliphatic heterocycles. The number of aromatic hydroxyl groups is 1. The molecular weight excluding hydrogens is 370 g/mol. The van der Waals surface area contributed by atoms with Gasteiger partial charge >= 0.3 is 11.6 Å². The van der Waals surface area contributed by atoms with Crippen molar-refractivity contribution in [2.24, 2.45) is 5.73 Å². The number of benzene rings is 2. The zero-order valence-corrected chi connectivity index (χ0v) is 14.3. The normalized spacial score (nSPS) is 10.8. The van der Waals surface area contributed by atoms with Gasteiger partial charge in [-0.1, -0.05) is 18.2 Å². The van der Waals surface area contributed by atoms with Crippen LogP contribution in [0.25, 0.3) is 32.7 Å². The lowest BCUT2D eigenvalue weighted by atomic mass is 10.0. The van der Waals surface area contributed by atoms with Crippen LogP contribution < -0.4 is 16.8 Å². The van der Waals surface area contributed by atoms with E-state index in [2.05, 4.69) is 0 Å². The van der Waals surface area contributed by atoms with Crippen molar-refractivity contribution >= 4 is 38.7 Å². The van der Waals surface area contributed by atoms with Gasteiger partial charge in [-0.2, -0.15) is 0 Å². The van der Waals surface area contributed by atoms with Gasteiger partial charge in [-0.05, 0) is 12.1 Å². The summed E-state index contributed by atoms with van der Waals surface area (Å²) in [4.78, 5) is 35.2. The van der Waals surface area contributed by atoms with Crippen molar-refractivity contribution in [3.05, 3.63) is 62.8 Å². The molecule has 9 heteroatoms. The standard InChI is InChI=1S/C17H8O7.C2H7NO/c18-11-6-12(16(20)21)23-15-10(11)5-9-7-3-1-2-4-8(7)17(22)24-14(9)13(15)19;3-1-2-4/h1-6,19H,(H,20,21);4H,1-3H2. The van der Waals surface area contributed by atoms with Crippen molar-refractivity contribution in [2.45, 2.75) is 0 Å². The minimum absolute atomic E-state index is 0.0102. The number of phenolic OH excluding ortho intramolecular Hbond substituents is 1. The Morgan fingerprint density at radius 3 is 2.18 bits per heavy atom. The van der Waals surface area contributed by atoms with Gasteiger partial charge in [0.25, 0.3) is 0 Å². The predicted octanol–water partition coefficient (Wildman–Crippen LogP) is 1.39. The Balaban J connectivity index is 0.000000516. The van der Waals surface area contributed by atoms with Gasteiger partial charge in [0.2, 0.25) is 11.5 Å². The minimum atomic E-state index is -1.45. The number of rotatable bonds is 2. The Morgan fingerprint density at radius 1 is 0.964 bits per heavy atom. The van der Waals surface area contributed by atoms with Gasteiger partial charge in [-0.25, -0.2) is 9.59 Å². The molecule has 0 aliphatic rings. The van der Waals surface area contributed by atoms with E-state index in [1.807, 2.05) is 0 Å². The van der Waals surface area contributed by atoms with E-state index in [4.69, 9.17) is 24.8 Å². The average molecular weight is 385 g/mol. The SMILES string of the molecule is NCCO.O=C(O)c1cc(=O)c2cc3c(oc(=O)c4ccccc43)c(O)c2o1. The van der Waals surface area contributed by atoms with Crippen LogP contribution in [0.1, 0.15) is 10.6 Å². The molecule has 5 N–H and O–H groups in total. The number of carboxylic acids is 1. The Bertz CT molecular complexity index is 1320. The van der Waals surface area contributed by atoms with Gasteiger partial charge in [0.05, 0.1) is 17.4 Å². The number of carboxylic acid groups (broad SMARTS) is 1. The molecular formula is C19H15NO8. The number of hydrogen-bond acceptors (Lipinski definition) is 8. The highest BCUT2D eigenvalue weighted by molar-refractivity contribution is 6.11. The molecule has 0 bridgehead atoms. The van der Waals surface area contributed by atoms with E-state index < -0.39 is 28.5 Å². The number of carbonyl (C=O) groups is 1. The van der Waals surface area contributed by atoms with Crippen molar-refractivity contribution in [2.75, 3.05) is 13.2 Å². The second-order valence-electron chi connectivity index (χ2n) is 5.71. The zero-order valence-electron chi connectivity index (χ0n) is 14.3. The third kappa shape index (κ3) is 3.20. The monoisotopic (exact) mass is 385 g/mol. The van der Waals surface area contributed by atoms with Crippen molar-refractivity contribution < 1.29 is 28.9 Å². The number of hydrogen-bond donors (Lipinski definition) is 4. The summed E-state index contributed by atoms with van der Waals surface area (Å²) in [6, 6.07) is 8.84. The van der Waals surface area contributed by atoms with Crippen LogP contribution in [-0.2, 0) is 0 Å². The summed E-state index contributed by atoms with van der Waals surface area (Å²) in [5.74, 6) is -2.66. The van der Waals surface area contributed by atoms with Gasteiger partial charge < -0.3 is 29.9 Å². The van der Waals surface area contributed by atoms with Crippen LogP contribution in [-0.4, -0.2) is 34.4 Å². The molecule has 144 valence electrons. The van der Waals surface area contributed by atoms with Crippen LogP contribution in [0.5, 0.6) is 5.75 Å². The van der Waals surface area contributed by atoms with E-state index in [1.165, 1.54) is 6.07 Å². The third-order valence-corrected chi connectivity index (χ3v) is 3.92. The molecule has 4 rings (SSSR count). The Kier molecular flexibility index (Phi) is 5.12. The third-order valence-electron chi connectivity index (χ3n) is 3.92. The molecule has 0 radical (unpaired) electrons. The molecule has 2 aromatic heterocycles. The fourth-order valence-electron chi connectivity index (χ4n) is 2.71. The fourth-order valence-corrected chi connectivity index (χ4v) is 2.71. The lowest BCUT2D eigenvalue weighted by Crippen LogP contribution is -2.07. The van der Waals surface area contributed by atoms with Crippen molar-refractivity contribution in [3.8, 4) is 5.75 Å². The molecule has 0 atom stereocenters. The van der Waals surface area contributed by atoms with E-state index >= 15 is 0 Å². The second kappa shape index (κ2) is 7.51. The minimum Gasteiger partial charge on any atom is -0.502 e. The highest BCUT2D eigenvalue weighted by Gasteiger charge is 2.19. The smallest absolute Gasteiger partial charge is 0.371 e. The number of nitrogens with two attached hydrogens (primary N) is 1. The number of aromatic carboxylic acids is 1. The summed E-state index contributed by atoms with van der Waals surface area (Å²) >= 11 is 0. The Hall–Kier alpha value is -3.69. The van der Waals surface area contributed by atoms with Crippen LogP contribution >= 0.6 is 0 Å². The van der Waals surface area contributed by atoms with Crippen molar-refractivity contribution in [1.29, 1.82) is 0 Å². The number of phenols is 1. The first kappa shape index (κ1) is 19.1. The first-order valence-corrected chi connectivity index (χ1v) is 8.08. The summed E-state index contributed by atoms with van der Waals surface area (Å²) in [5, 5.41) is 28.2. The Labute approximate surface area is 155 Å². The van der Waals surface area contributed by atoms with Crippen molar-refractivity contribution in [3.63, 3.8) is 0 Å². The van der Waals surface area contributed by atoms with E-state index in [-0.39, 0.29) is 23.2 Å². The van der Waals surface area contributed by atoms with Gasteiger partial charge in [0.1, 0.15) is 0 Å². The van der Waals surface area contributed by atoms with Crippen LogP contribution in [0.2, 0.25) is 0 Å². The summed E-state index contributed by atoms with van der Waals surface area (Å²) in [7, 11) is 0. The summed E-state index contributed by atoms with van der Waals surface area (Å²) in [6.45, 7) is 0.472. The number of fused-ring (bicyclic) bond motifs is 4. The molecule has 0 fully saturated rings. The lowest BCUT2D eigenvalue weighted by Gasteiger charge is -2.07. The van der Waals surface area contributed by atoms with Crippen LogP contribution in [0, 0.1) is 0 Å². The molecule has 0 amide bonds.